The third-order valence-corrected chi connectivity index (χ3v) is 6.77. The number of thiophene rings is 1. The van der Waals surface area contributed by atoms with Gasteiger partial charge in [-0.15, -0.1) is 11.3 Å². The van der Waals surface area contributed by atoms with Gasteiger partial charge in [-0.1, -0.05) is 13.3 Å². The topological polar surface area (TPSA) is 41.6 Å². The molecule has 1 fully saturated rings. The van der Waals surface area contributed by atoms with Gasteiger partial charge in [0, 0.05) is 30.1 Å². The number of ether oxygens (including phenoxy) is 1. The van der Waals surface area contributed by atoms with Gasteiger partial charge in [0.05, 0.1) is 18.1 Å². The zero-order valence-electron chi connectivity index (χ0n) is 15.2. The molecule has 1 aliphatic carbocycles. The predicted octanol–water partition coefficient (Wildman–Crippen LogP) is 3.10. The molecular weight excluding hydrogens is 320 g/mol. The molecule has 134 valence electrons. The van der Waals surface area contributed by atoms with Crippen LogP contribution in [0.25, 0.3) is 0 Å². The van der Waals surface area contributed by atoms with Crippen LogP contribution in [0.3, 0.4) is 0 Å². The standard InChI is InChI=1S/C19H30N2O2S/c1-4-14-5-6-16-15(11-14)12-17(24-16)18(22)20-13-19(2,3)21-7-9-23-10-8-21/h12,14H,4-11,13H2,1-3H3,(H,20,22)/t14-/m1/s1. The average Bonchev–Trinajstić information content (AvgIpc) is 3.03. The molecule has 2 heterocycles. The van der Waals surface area contributed by atoms with Gasteiger partial charge in [-0.3, -0.25) is 9.69 Å². The summed E-state index contributed by atoms with van der Waals surface area (Å²) in [7, 11) is 0. The Bertz CT molecular complexity index is 576. The molecule has 1 atom stereocenters. The van der Waals surface area contributed by atoms with Gasteiger partial charge in [0.25, 0.3) is 5.91 Å². The highest BCUT2D eigenvalue weighted by molar-refractivity contribution is 7.14. The lowest BCUT2D eigenvalue weighted by atomic mass is 9.87. The quantitative estimate of drug-likeness (QED) is 0.887. The fourth-order valence-electron chi connectivity index (χ4n) is 3.72. The van der Waals surface area contributed by atoms with Crippen molar-refractivity contribution in [2.45, 2.75) is 52.0 Å². The molecule has 24 heavy (non-hydrogen) atoms. The molecule has 1 N–H and O–H groups in total. The van der Waals surface area contributed by atoms with Crippen LogP contribution >= 0.6 is 11.3 Å². The number of nitrogens with zero attached hydrogens (tertiary/aromatic N) is 1. The van der Waals surface area contributed by atoms with Gasteiger partial charge >= 0.3 is 0 Å². The molecule has 0 spiro atoms. The number of rotatable bonds is 5. The van der Waals surface area contributed by atoms with E-state index in [2.05, 4.69) is 37.1 Å². The van der Waals surface area contributed by atoms with Crippen molar-refractivity contribution in [2.24, 2.45) is 5.92 Å². The highest BCUT2D eigenvalue weighted by atomic mass is 32.1. The van der Waals surface area contributed by atoms with Crippen molar-refractivity contribution < 1.29 is 9.53 Å². The van der Waals surface area contributed by atoms with Gasteiger partial charge in [0.2, 0.25) is 0 Å². The molecule has 0 aromatic carbocycles. The lowest BCUT2D eigenvalue weighted by Crippen LogP contribution is -2.55. The van der Waals surface area contributed by atoms with Crippen molar-refractivity contribution >= 4 is 17.2 Å². The molecule has 1 aromatic rings. The SMILES string of the molecule is CC[C@@H]1CCc2sc(C(=O)NCC(C)(C)N3CCOCC3)cc2C1. The number of morpholine rings is 1. The summed E-state index contributed by atoms with van der Waals surface area (Å²) in [6, 6.07) is 2.14. The van der Waals surface area contributed by atoms with Crippen LogP contribution in [-0.4, -0.2) is 49.2 Å². The molecule has 2 aliphatic rings. The Labute approximate surface area is 149 Å². The molecule has 1 amide bonds. The number of fused-ring (bicyclic) bond motifs is 1. The summed E-state index contributed by atoms with van der Waals surface area (Å²) in [6.45, 7) is 10.8. The van der Waals surface area contributed by atoms with E-state index in [1.165, 1.54) is 23.3 Å². The lowest BCUT2D eigenvalue weighted by molar-refractivity contribution is -0.00922. The first-order valence-corrected chi connectivity index (χ1v) is 10.0. The number of hydrogen-bond acceptors (Lipinski definition) is 4. The van der Waals surface area contributed by atoms with E-state index in [0.29, 0.717) is 6.54 Å². The Balaban J connectivity index is 1.58. The van der Waals surface area contributed by atoms with Crippen LogP contribution in [0.2, 0.25) is 0 Å². The Morgan fingerprint density at radius 1 is 1.42 bits per heavy atom. The summed E-state index contributed by atoms with van der Waals surface area (Å²) in [5.74, 6) is 0.882. The zero-order chi connectivity index (χ0) is 17.2. The number of carbonyl (C=O) groups is 1. The molecule has 0 unspecified atom stereocenters. The van der Waals surface area contributed by atoms with Crippen LogP contribution in [0.1, 0.15) is 53.7 Å². The van der Waals surface area contributed by atoms with E-state index in [9.17, 15) is 4.79 Å². The van der Waals surface area contributed by atoms with Crippen LogP contribution in [0, 0.1) is 5.92 Å². The molecule has 4 nitrogen and oxygen atoms in total. The van der Waals surface area contributed by atoms with Crippen molar-refractivity contribution in [3.05, 3.63) is 21.4 Å². The van der Waals surface area contributed by atoms with Crippen LogP contribution < -0.4 is 5.32 Å². The maximum Gasteiger partial charge on any atom is 0.261 e. The Hall–Kier alpha value is -0.910. The normalized spacial score (nSPS) is 22.2. The molecule has 5 heteroatoms. The van der Waals surface area contributed by atoms with Crippen molar-refractivity contribution in [1.82, 2.24) is 10.2 Å². The van der Waals surface area contributed by atoms with Gasteiger partial charge in [-0.05, 0) is 50.7 Å². The van der Waals surface area contributed by atoms with E-state index in [4.69, 9.17) is 4.74 Å². The minimum atomic E-state index is -0.0381. The molecule has 1 aliphatic heterocycles. The third-order valence-electron chi connectivity index (χ3n) is 5.53. The molecule has 1 aromatic heterocycles. The number of amides is 1. The Morgan fingerprint density at radius 2 is 2.17 bits per heavy atom. The van der Waals surface area contributed by atoms with E-state index in [0.717, 1.165) is 49.9 Å². The third kappa shape index (κ3) is 4.01. The fourth-order valence-corrected chi connectivity index (χ4v) is 4.85. The Kier molecular flexibility index (Phi) is 5.63. The van der Waals surface area contributed by atoms with Crippen molar-refractivity contribution in [1.29, 1.82) is 0 Å². The van der Waals surface area contributed by atoms with Crippen LogP contribution in [0.4, 0.5) is 0 Å². The first-order valence-electron chi connectivity index (χ1n) is 9.22. The minimum absolute atomic E-state index is 0.0381. The predicted molar refractivity (Wildman–Crippen MR) is 98.9 cm³/mol. The molecule has 0 radical (unpaired) electrons. The summed E-state index contributed by atoms with van der Waals surface area (Å²) in [5.41, 5.74) is 1.37. The molecule has 0 saturated carbocycles. The monoisotopic (exact) mass is 350 g/mol. The number of nitrogens with one attached hydrogen (secondary N) is 1. The summed E-state index contributed by atoms with van der Waals surface area (Å²) < 4.78 is 5.43. The highest BCUT2D eigenvalue weighted by Crippen LogP contribution is 2.33. The highest BCUT2D eigenvalue weighted by Gasteiger charge is 2.29. The van der Waals surface area contributed by atoms with E-state index in [1.807, 2.05) is 0 Å². The first-order chi connectivity index (χ1) is 11.5. The van der Waals surface area contributed by atoms with Gasteiger partial charge in [-0.2, -0.15) is 0 Å². The van der Waals surface area contributed by atoms with Gasteiger partial charge in [0.15, 0.2) is 0 Å². The van der Waals surface area contributed by atoms with Gasteiger partial charge in [0.1, 0.15) is 0 Å². The first kappa shape index (κ1) is 17.9. The van der Waals surface area contributed by atoms with Crippen molar-refractivity contribution in [3.8, 4) is 0 Å². The summed E-state index contributed by atoms with van der Waals surface area (Å²) >= 11 is 1.70. The zero-order valence-corrected chi connectivity index (χ0v) is 16.0. The summed E-state index contributed by atoms with van der Waals surface area (Å²) in [5, 5.41) is 3.16. The maximum absolute atomic E-state index is 12.6. The van der Waals surface area contributed by atoms with E-state index in [-0.39, 0.29) is 11.4 Å². The second kappa shape index (κ2) is 7.54. The number of hydrogen-bond donors (Lipinski definition) is 1. The van der Waals surface area contributed by atoms with E-state index < -0.39 is 0 Å². The largest absolute Gasteiger partial charge is 0.379 e. The van der Waals surface area contributed by atoms with E-state index in [1.54, 1.807) is 11.3 Å². The fraction of sp³-hybridized carbons (Fsp3) is 0.737. The van der Waals surface area contributed by atoms with Crippen LogP contribution in [0.5, 0.6) is 0 Å². The van der Waals surface area contributed by atoms with Crippen LogP contribution in [-0.2, 0) is 17.6 Å². The number of aryl methyl sites for hydroxylation is 1. The number of carbonyl (C=O) groups excluding carboxylic acids is 1. The minimum Gasteiger partial charge on any atom is -0.379 e. The molecule has 0 bridgehead atoms. The smallest absolute Gasteiger partial charge is 0.261 e. The van der Waals surface area contributed by atoms with E-state index >= 15 is 0 Å². The van der Waals surface area contributed by atoms with Crippen LogP contribution in [0.15, 0.2) is 6.07 Å². The molecule has 1 saturated heterocycles. The second-order valence-corrected chi connectivity index (χ2v) is 8.81. The summed E-state index contributed by atoms with van der Waals surface area (Å²) in [4.78, 5) is 17.3. The summed E-state index contributed by atoms with van der Waals surface area (Å²) in [6.07, 6.45) is 4.81. The molecule has 3 rings (SSSR count). The maximum atomic E-state index is 12.6. The average molecular weight is 351 g/mol. The Morgan fingerprint density at radius 3 is 2.88 bits per heavy atom. The van der Waals surface area contributed by atoms with Crippen molar-refractivity contribution in [3.63, 3.8) is 0 Å². The van der Waals surface area contributed by atoms with Crippen molar-refractivity contribution in [2.75, 3.05) is 32.8 Å². The molecular formula is C19H30N2O2S. The lowest BCUT2D eigenvalue weighted by Gasteiger charge is -2.40. The van der Waals surface area contributed by atoms with Gasteiger partial charge < -0.3 is 10.1 Å². The van der Waals surface area contributed by atoms with Gasteiger partial charge in [-0.25, -0.2) is 0 Å². The second-order valence-electron chi connectivity index (χ2n) is 7.67.